The van der Waals surface area contributed by atoms with E-state index in [1.165, 1.54) is 5.56 Å². The van der Waals surface area contributed by atoms with Gasteiger partial charge in [0.05, 0.1) is 22.5 Å². The molecule has 0 radical (unpaired) electrons. The van der Waals surface area contributed by atoms with Crippen LogP contribution >= 0.6 is 0 Å². The van der Waals surface area contributed by atoms with Crippen LogP contribution in [-0.2, 0) is 6.42 Å². The van der Waals surface area contributed by atoms with Gasteiger partial charge in [-0.15, -0.1) is 0 Å². The molecule has 0 saturated carbocycles. The first-order valence-electron chi connectivity index (χ1n) is 13.3. The van der Waals surface area contributed by atoms with Gasteiger partial charge in [0.2, 0.25) is 0 Å². The van der Waals surface area contributed by atoms with Gasteiger partial charge in [-0.1, -0.05) is 110 Å². The molecular weight excluding hydrogens is 466 g/mol. The van der Waals surface area contributed by atoms with Gasteiger partial charge in [0, 0.05) is 16.8 Å². The highest BCUT2D eigenvalue weighted by molar-refractivity contribution is 6.32. The molecule has 3 nitrogen and oxygen atoms in total. The molecule has 0 unspecified atom stereocenters. The summed E-state index contributed by atoms with van der Waals surface area (Å²) in [6.45, 7) is 4.26. The molecule has 3 heteroatoms. The van der Waals surface area contributed by atoms with E-state index in [9.17, 15) is 9.59 Å². The monoisotopic (exact) mass is 495 g/mol. The smallest absolute Gasteiger partial charge is 0.196 e. The minimum absolute atomic E-state index is 0.107. The largest absolute Gasteiger partial charge is 0.307 e. The van der Waals surface area contributed by atoms with Gasteiger partial charge >= 0.3 is 0 Å². The molecule has 186 valence electrons. The van der Waals surface area contributed by atoms with Crippen molar-refractivity contribution in [3.63, 3.8) is 0 Å². The number of rotatable bonds is 6. The molecule has 38 heavy (non-hydrogen) atoms. The normalized spacial score (nSPS) is 12.4. The highest BCUT2D eigenvalue weighted by Gasteiger charge is 2.39. The van der Waals surface area contributed by atoms with Crippen molar-refractivity contribution < 1.29 is 9.59 Å². The van der Waals surface area contributed by atoms with Crippen molar-refractivity contribution in [3.05, 3.63) is 137 Å². The molecule has 0 spiro atoms. The summed E-state index contributed by atoms with van der Waals surface area (Å²) in [6, 6.07) is 33.8. The lowest BCUT2D eigenvalue weighted by molar-refractivity contribution is 0.0981. The second-order valence-corrected chi connectivity index (χ2v) is 9.94. The number of nitrogens with zero attached hydrogens (tertiary/aromatic N) is 1. The average Bonchev–Trinajstić information content (AvgIpc) is 3.32. The summed E-state index contributed by atoms with van der Waals surface area (Å²) in [5.41, 5.74) is 8.53. The third-order valence-electron chi connectivity index (χ3n) is 7.49. The van der Waals surface area contributed by atoms with E-state index in [1.54, 1.807) is 12.1 Å². The Balaban J connectivity index is 1.73. The highest BCUT2D eigenvalue weighted by Crippen LogP contribution is 2.45. The Morgan fingerprint density at radius 2 is 1.13 bits per heavy atom. The van der Waals surface area contributed by atoms with Gasteiger partial charge in [0.15, 0.2) is 11.6 Å². The van der Waals surface area contributed by atoms with Crippen LogP contribution in [0, 0.1) is 6.92 Å². The molecule has 0 fully saturated rings. The lowest BCUT2D eigenvalue weighted by atomic mass is 9.82. The van der Waals surface area contributed by atoms with Crippen LogP contribution < -0.4 is 0 Å². The second kappa shape index (κ2) is 9.75. The first kappa shape index (κ1) is 23.9. The number of hydrogen-bond donors (Lipinski definition) is 0. The SMILES string of the molecule is CCCCc1ccc(-c2c3c(c(-c4ccccc4)n2-c2ccccc2C)C(=O)c2ccccc2C3=O)cc1. The van der Waals surface area contributed by atoms with Gasteiger partial charge in [0.1, 0.15) is 0 Å². The maximum atomic E-state index is 14.2. The van der Waals surface area contributed by atoms with Crippen LogP contribution in [0.5, 0.6) is 0 Å². The van der Waals surface area contributed by atoms with E-state index in [2.05, 4.69) is 54.8 Å². The van der Waals surface area contributed by atoms with Crippen molar-refractivity contribution in [2.45, 2.75) is 33.1 Å². The van der Waals surface area contributed by atoms with Gasteiger partial charge in [-0.3, -0.25) is 9.59 Å². The van der Waals surface area contributed by atoms with Crippen molar-refractivity contribution in [1.29, 1.82) is 0 Å². The first-order valence-corrected chi connectivity index (χ1v) is 13.3. The summed E-state index contributed by atoms with van der Waals surface area (Å²) in [4.78, 5) is 28.4. The molecule has 1 aliphatic carbocycles. The predicted molar refractivity (Wildman–Crippen MR) is 153 cm³/mol. The lowest BCUT2D eigenvalue weighted by Gasteiger charge is -2.17. The van der Waals surface area contributed by atoms with E-state index in [1.807, 2.05) is 54.6 Å². The standard InChI is InChI=1S/C35H29NO2/c1-3-4-13-24-19-21-26(22-20-24)33-31-30(34(37)27-16-9-10-17-28(27)35(31)38)32(25-14-6-5-7-15-25)36(33)29-18-11-8-12-23(29)2/h5-12,14-22H,3-4,13H2,1-2H3. The minimum atomic E-state index is -0.109. The molecule has 0 N–H and O–H groups in total. The Kier molecular flexibility index (Phi) is 6.13. The van der Waals surface area contributed by atoms with Crippen molar-refractivity contribution in [3.8, 4) is 28.2 Å². The summed E-state index contributed by atoms with van der Waals surface area (Å²) < 4.78 is 2.14. The molecular formula is C35H29NO2. The van der Waals surface area contributed by atoms with Crippen molar-refractivity contribution in [2.24, 2.45) is 0 Å². The van der Waals surface area contributed by atoms with Gasteiger partial charge < -0.3 is 4.57 Å². The Hall–Kier alpha value is -4.50. The molecule has 6 rings (SSSR count). The number of carbonyl (C=O) groups is 2. The summed E-state index contributed by atoms with van der Waals surface area (Å²) in [7, 11) is 0. The van der Waals surface area contributed by atoms with Crippen molar-refractivity contribution in [1.82, 2.24) is 4.57 Å². The number of ketones is 2. The minimum Gasteiger partial charge on any atom is -0.307 e. The van der Waals surface area contributed by atoms with Crippen LogP contribution in [-0.4, -0.2) is 16.1 Å². The molecule has 4 aromatic carbocycles. The number of fused-ring (bicyclic) bond motifs is 2. The summed E-state index contributed by atoms with van der Waals surface area (Å²) >= 11 is 0. The third-order valence-corrected chi connectivity index (χ3v) is 7.49. The Bertz CT molecular complexity index is 1670. The molecule has 1 aliphatic rings. The maximum absolute atomic E-state index is 14.2. The van der Waals surface area contributed by atoms with Gasteiger partial charge in [-0.05, 0) is 48.1 Å². The summed E-state index contributed by atoms with van der Waals surface area (Å²) in [5.74, 6) is -0.216. The van der Waals surface area contributed by atoms with E-state index < -0.39 is 0 Å². The van der Waals surface area contributed by atoms with Gasteiger partial charge in [-0.2, -0.15) is 0 Å². The van der Waals surface area contributed by atoms with E-state index >= 15 is 0 Å². The number of carbonyl (C=O) groups excluding carboxylic acids is 2. The number of hydrogen-bond acceptors (Lipinski definition) is 2. The zero-order valence-electron chi connectivity index (χ0n) is 21.7. The van der Waals surface area contributed by atoms with Gasteiger partial charge in [-0.25, -0.2) is 0 Å². The number of aryl methyl sites for hydroxylation is 2. The second-order valence-electron chi connectivity index (χ2n) is 9.94. The van der Waals surface area contributed by atoms with Crippen LogP contribution in [0.15, 0.2) is 103 Å². The molecule has 0 bridgehead atoms. The predicted octanol–water partition coefficient (Wildman–Crippen LogP) is 8.24. The maximum Gasteiger partial charge on any atom is 0.196 e. The highest BCUT2D eigenvalue weighted by atomic mass is 16.1. The summed E-state index contributed by atoms with van der Waals surface area (Å²) in [5, 5.41) is 0. The Morgan fingerprint density at radius 3 is 1.71 bits per heavy atom. The number of benzene rings is 4. The van der Waals surface area contributed by atoms with Crippen LogP contribution in [0.4, 0.5) is 0 Å². The molecule has 0 saturated heterocycles. The van der Waals surface area contributed by atoms with Crippen LogP contribution in [0.25, 0.3) is 28.2 Å². The average molecular weight is 496 g/mol. The van der Waals surface area contributed by atoms with Crippen molar-refractivity contribution >= 4 is 11.6 Å². The fourth-order valence-electron chi connectivity index (χ4n) is 5.57. The van der Waals surface area contributed by atoms with E-state index in [0.717, 1.165) is 53.0 Å². The van der Waals surface area contributed by atoms with Crippen LogP contribution in [0.3, 0.4) is 0 Å². The molecule has 0 aliphatic heterocycles. The molecule has 0 atom stereocenters. The fraction of sp³-hybridized carbons (Fsp3) is 0.143. The van der Waals surface area contributed by atoms with Crippen LogP contribution in [0.2, 0.25) is 0 Å². The number of unbranched alkanes of at least 4 members (excludes halogenated alkanes) is 1. The fourth-order valence-corrected chi connectivity index (χ4v) is 5.57. The quantitative estimate of drug-likeness (QED) is 0.233. The number of para-hydroxylation sites is 1. The molecule has 1 heterocycles. The first-order chi connectivity index (χ1) is 18.6. The molecule has 5 aromatic rings. The summed E-state index contributed by atoms with van der Waals surface area (Å²) in [6.07, 6.45) is 3.30. The van der Waals surface area contributed by atoms with E-state index in [-0.39, 0.29) is 11.6 Å². The topological polar surface area (TPSA) is 39.1 Å². The third kappa shape index (κ3) is 3.83. The van der Waals surface area contributed by atoms with E-state index in [0.29, 0.717) is 22.3 Å². The van der Waals surface area contributed by atoms with E-state index in [4.69, 9.17) is 0 Å². The Morgan fingerprint density at radius 1 is 0.605 bits per heavy atom. The van der Waals surface area contributed by atoms with Crippen LogP contribution in [0.1, 0.15) is 62.7 Å². The Labute approximate surface area is 223 Å². The lowest BCUT2D eigenvalue weighted by Crippen LogP contribution is -2.20. The zero-order valence-corrected chi connectivity index (χ0v) is 21.7. The van der Waals surface area contributed by atoms with Gasteiger partial charge in [0.25, 0.3) is 0 Å². The van der Waals surface area contributed by atoms with Crippen molar-refractivity contribution in [2.75, 3.05) is 0 Å². The molecule has 1 aromatic heterocycles. The zero-order chi connectivity index (χ0) is 26.2. The number of aromatic nitrogens is 1. The molecule has 0 amide bonds.